The molecule has 6 nitrogen and oxygen atoms in total. The van der Waals surface area contributed by atoms with Gasteiger partial charge in [-0.3, -0.25) is 18.9 Å². The van der Waals surface area contributed by atoms with E-state index >= 15 is 0 Å². The SMILES string of the molecule is CCCCNc1nc2c(C)cccn2c(=O)c1/C=C1/SC(=S)N(Cc2ccc(F)cc2)C1=O. The number of unbranched alkanes of at least 4 members (excludes halogenated alkanes) is 1. The zero-order valence-electron chi connectivity index (χ0n) is 18.3. The van der Waals surface area contributed by atoms with Crippen LogP contribution in [0.2, 0.25) is 0 Å². The molecule has 1 aliphatic heterocycles. The molecule has 2 aromatic heterocycles. The number of fused-ring (bicyclic) bond motifs is 1. The molecule has 1 saturated heterocycles. The van der Waals surface area contributed by atoms with Crippen molar-refractivity contribution in [1.82, 2.24) is 14.3 Å². The number of benzene rings is 1. The predicted molar refractivity (Wildman–Crippen MR) is 135 cm³/mol. The number of aryl methyl sites for hydroxylation is 1. The van der Waals surface area contributed by atoms with Gasteiger partial charge in [0.1, 0.15) is 21.6 Å². The molecule has 9 heteroatoms. The van der Waals surface area contributed by atoms with Gasteiger partial charge in [0.2, 0.25) is 0 Å². The number of carbonyl (C=O) groups excluding carboxylic acids is 1. The van der Waals surface area contributed by atoms with Crippen molar-refractivity contribution in [3.8, 4) is 0 Å². The average Bonchev–Trinajstić information content (AvgIpc) is 3.06. The third-order valence-electron chi connectivity index (χ3n) is 5.31. The number of hydrogen-bond acceptors (Lipinski definition) is 6. The van der Waals surface area contributed by atoms with E-state index in [2.05, 4.69) is 12.2 Å². The normalized spacial score (nSPS) is 15.1. The fourth-order valence-corrected chi connectivity index (χ4v) is 4.74. The second-order valence-electron chi connectivity index (χ2n) is 7.74. The van der Waals surface area contributed by atoms with Crippen LogP contribution in [-0.2, 0) is 11.3 Å². The predicted octanol–water partition coefficient (Wildman–Crippen LogP) is 4.76. The van der Waals surface area contributed by atoms with Crippen LogP contribution < -0.4 is 10.9 Å². The van der Waals surface area contributed by atoms with E-state index in [0.29, 0.717) is 32.8 Å². The second-order valence-corrected chi connectivity index (χ2v) is 9.41. The molecule has 1 N–H and O–H groups in total. The molecule has 33 heavy (non-hydrogen) atoms. The first-order valence-electron chi connectivity index (χ1n) is 10.6. The number of nitrogens with one attached hydrogen (secondary N) is 1. The number of halogens is 1. The van der Waals surface area contributed by atoms with Gasteiger partial charge in [0.15, 0.2) is 0 Å². The number of rotatable bonds is 7. The van der Waals surface area contributed by atoms with Gasteiger partial charge in [-0.25, -0.2) is 9.37 Å². The summed E-state index contributed by atoms with van der Waals surface area (Å²) in [5.41, 5.74) is 2.27. The van der Waals surface area contributed by atoms with Crippen LogP contribution >= 0.6 is 24.0 Å². The molecule has 0 spiro atoms. The summed E-state index contributed by atoms with van der Waals surface area (Å²) >= 11 is 6.56. The number of anilines is 1. The van der Waals surface area contributed by atoms with Gasteiger partial charge < -0.3 is 5.32 Å². The Balaban J connectivity index is 1.72. The largest absolute Gasteiger partial charge is 0.369 e. The maximum absolute atomic E-state index is 13.4. The average molecular weight is 483 g/mol. The zero-order valence-corrected chi connectivity index (χ0v) is 19.9. The van der Waals surface area contributed by atoms with Crippen molar-refractivity contribution in [3.05, 3.63) is 80.4 Å². The summed E-state index contributed by atoms with van der Waals surface area (Å²) in [7, 11) is 0. The first kappa shape index (κ1) is 23.1. The van der Waals surface area contributed by atoms with E-state index in [1.54, 1.807) is 30.5 Å². The number of amides is 1. The smallest absolute Gasteiger partial charge is 0.267 e. The minimum Gasteiger partial charge on any atom is -0.369 e. The Labute approximate surface area is 200 Å². The lowest BCUT2D eigenvalue weighted by Crippen LogP contribution is -2.27. The van der Waals surface area contributed by atoms with Gasteiger partial charge in [0.25, 0.3) is 11.5 Å². The quantitative estimate of drug-likeness (QED) is 0.298. The van der Waals surface area contributed by atoms with Crippen LogP contribution in [0.5, 0.6) is 0 Å². The Bertz CT molecular complexity index is 1320. The molecule has 0 radical (unpaired) electrons. The molecule has 1 aromatic carbocycles. The lowest BCUT2D eigenvalue weighted by atomic mass is 10.2. The molecule has 0 bridgehead atoms. The molecule has 0 aliphatic carbocycles. The van der Waals surface area contributed by atoms with E-state index in [1.165, 1.54) is 21.4 Å². The van der Waals surface area contributed by atoms with Gasteiger partial charge in [0, 0.05) is 12.7 Å². The summed E-state index contributed by atoms with van der Waals surface area (Å²) in [6.45, 7) is 4.88. The van der Waals surface area contributed by atoms with Crippen molar-refractivity contribution in [2.45, 2.75) is 33.2 Å². The fourth-order valence-electron chi connectivity index (χ4n) is 3.50. The van der Waals surface area contributed by atoms with Crippen LogP contribution in [0.25, 0.3) is 11.7 Å². The maximum Gasteiger partial charge on any atom is 0.267 e. The van der Waals surface area contributed by atoms with E-state index in [4.69, 9.17) is 17.2 Å². The van der Waals surface area contributed by atoms with Crippen LogP contribution in [-0.4, -0.2) is 31.1 Å². The highest BCUT2D eigenvalue weighted by Gasteiger charge is 2.32. The lowest BCUT2D eigenvalue weighted by Gasteiger charge is -2.14. The molecule has 1 fully saturated rings. The fraction of sp³-hybridized carbons (Fsp3) is 0.250. The zero-order chi connectivity index (χ0) is 23.5. The van der Waals surface area contributed by atoms with Gasteiger partial charge in [-0.05, 0) is 48.7 Å². The van der Waals surface area contributed by atoms with E-state index in [0.717, 1.165) is 35.7 Å². The topological polar surface area (TPSA) is 66.7 Å². The van der Waals surface area contributed by atoms with Gasteiger partial charge in [-0.2, -0.15) is 0 Å². The van der Waals surface area contributed by atoms with E-state index in [9.17, 15) is 14.0 Å². The summed E-state index contributed by atoms with van der Waals surface area (Å²) in [4.78, 5) is 33.0. The van der Waals surface area contributed by atoms with E-state index in [1.807, 2.05) is 13.0 Å². The van der Waals surface area contributed by atoms with E-state index in [-0.39, 0.29) is 23.8 Å². The Kier molecular flexibility index (Phi) is 6.90. The van der Waals surface area contributed by atoms with Crippen LogP contribution in [0.15, 0.2) is 52.3 Å². The van der Waals surface area contributed by atoms with Crippen molar-refractivity contribution < 1.29 is 9.18 Å². The minimum absolute atomic E-state index is 0.234. The lowest BCUT2D eigenvalue weighted by molar-refractivity contribution is -0.122. The number of hydrogen-bond donors (Lipinski definition) is 1. The van der Waals surface area contributed by atoms with Crippen molar-refractivity contribution >= 4 is 51.7 Å². The van der Waals surface area contributed by atoms with Gasteiger partial charge in [-0.1, -0.05) is 55.5 Å². The molecule has 170 valence electrons. The molecule has 0 saturated carbocycles. The summed E-state index contributed by atoms with van der Waals surface area (Å²) < 4.78 is 15.1. The van der Waals surface area contributed by atoms with Gasteiger partial charge >= 0.3 is 0 Å². The summed E-state index contributed by atoms with van der Waals surface area (Å²) in [6.07, 6.45) is 5.16. The molecular formula is C24H23FN4O2S2. The molecule has 3 aromatic rings. The van der Waals surface area contributed by atoms with Crippen molar-refractivity contribution in [1.29, 1.82) is 0 Å². The summed E-state index contributed by atoms with van der Waals surface area (Å²) in [5, 5.41) is 3.26. The van der Waals surface area contributed by atoms with Crippen LogP contribution in [0, 0.1) is 12.7 Å². The van der Waals surface area contributed by atoms with Crippen LogP contribution in [0.3, 0.4) is 0 Å². The molecule has 1 amide bonds. The van der Waals surface area contributed by atoms with Crippen molar-refractivity contribution in [2.24, 2.45) is 0 Å². The number of nitrogens with zero attached hydrogens (tertiary/aromatic N) is 3. The molecule has 0 atom stereocenters. The van der Waals surface area contributed by atoms with Gasteiger partial charge in [-0.15, -0.1) is 0 Å². The number of carbonyl (C=O) groups is 1. The third-order valence-corrected chi connectivity index (χ3v) is 6.69. The number of aromatic nitrogens is 2. The Morgan fingerprint density at radius 1 is 1.21 bits per heavy atom. The monoisotopic (exact) mass is 482 g/mol. The Morgan fingerprint density at radius 3 is 2.70 bits per heavy atom. The highest BCUT2D eigenvalue weighted by atomic mass is 32.2. The molecule has 0 unspecified atom stereocenters. The molecular weight excluding hydrogens is 459 g/mol. The standard InChI is InChI=1S/C24H23FN4O2S2/c1-3-4-11-26-20-18(22(30)28-12-5-6-15(2)21(28)27-20)13-19-23(31)29(24(32)33-19)14-16-7-9-17(25)10-8-16/h5-10,12-13,26H,3-4,11,14H2,1-2H3/b19-13+. The highest BCUT2D eigenvalue weighted by molar-refractivity contribution is 8.26. The second kappa shape index (κ2) is 9.84. The van der Waals surface area contributed by atoms with Crippen molar-refractivity contribution in [3.63, 3.8) is 0 Å². The Hall–Kier alpha value is -3.04. The number of thiocarbonyl (C=S) groups is 1. The number of thioether (sulfide) groups is 1. The van der Waals surface area contributed by atoms with Crippen molar-refractivity contribution in [2.75, 3.05) is 11.9 Å². The maximum atomic E-state index is 13.4. The first-order valence-corrected chi connectivity index (χ1v) is 11.9. The molecule has 1 aliphatic rings. The highest BCUT2D eigenvalue weighted by Crippen LogP contribution is 2.34. The van der Waals surface area contributed by atoms with Crippen LogP contribution in [0.1, 0.15) is 36.5 Å². The van der Waals surface area contributed by atoms with Gasteiger partial charge in [0.05, 0.1) is 17.0 Å². The number of pyridine rings is 1. The summed E-state index contributed by atoms with van der Waals surface area (Å²) in [5.74, 6) is -0.180. The van der Waals surface area contributed by atoms with Crippen LogP contribution in [0.4, 0.5) is 10.2 Å². The molecule has 3 heterocycles. The first-order chi connectivity index (χ1) is 15.9. The van der Waals surface area contributed by atoms with E-state index < -0.39 is 0 Å². The molecule has 4 rings (SSSR count). The third kappa shape index (κ3) is 4.84. The Morgan fingerprint density at radius 2 is 1.97 bits per heavy atom. The minimum atomic E-state index is -0.341. The summed E-state index contributed by atoms with van der Waals surface area (Å²) in [6, 6.07) is 9.63.